The highest BCUT2D eigenvalue weighted by Crippen LogP contribution is 2.21. The van der Waals surface area contributed by atoms with Crippen molar-refractivity contribution in [3.63, 3.8) is 0 Å². The minimum Gasteiger partial charge on any atom is -0.461 e. The van der Waals surface area contributed by atoms with Crippen molar-refractivity contribution in [2.45, 2.75) is 19.9 Å². The molecule has 0 saturated carbocycles. The van der Waals surface area contributed by atoms with E-state index in [1.54, 1.807) is 29.5 Å². The summed E-state index contributed by atoms with van der Waals surface area (Å²) in [5.41, 5.74) is 2.45. The quantitative estimate of drug-likeness (QED) is 0.603. The molecule has 0 fully saturated rings. The summed E-state index contributed by atoms with van der Waals surface area (Å²) in [6.07, 6.45) is 0.792. The summed E-state index contributed by atoms with van der Waals surface area (Å²) in [6, 6.07) is 19.5. The number of ether oxygens (including phenoxy) is 1. The van der Waals surface area contributed by atoms with Crippen LogP contribution in [-0.2, 0) is 22.5 Å². The molecule has 0 aliphatic rings. The van der Waals surface area contributed by atoms with Crippen LogP contribution in [0.1, 0.15) is 23.0 Å². The van der Waals surface area contributed by atoms with Crippen molar-refractivity contribution in [3.8, 4) is 0 Å². The number of carbonyl (C=O) groups is 2. The average Bonchev–Trinajstić information content (AvgIpc) is 3.06. The summed E-state index contributed by atoms with van der Waals surface area (Å²) in [7, 11) is 1.79. The lowest BCUT2D eigenvalue weighted by Gasteiger charge is -2.19. The average molecular weight is 364 g/mol. The third-order valence-electron chi connectivity index (χ3n) is 4.59. The lowest BCUT2D eigenvalue weighted by atomic mass is 10.1. The van der Waals surface area contributed by atoms with Gasteiger partial charge in [0, 0.05) is 24.5 Å². The number of amides is 1. The molecule has 27 heavy (non-hydrogen) atoms. The number of benzene rings is 2. The van der Waals surface area contributed by atoms with Crippen molar-refractivity contribution in [1.82, 2.24) is 9.47 Å². The summed E-state index contributed by atoms with van der Waals surface area (Å²) in [5, 5.41) is 0.917. The Morgan fingerprint density at radius 1 is 1.04 bits per heavy atom. The van der Waals surface area contributed by atoms with E-state index in [2.05, 4.69) is 12.1 Å². The molecule has 1 heterocycles. The number of hydrogen-bond donors (Lipinski definition) is 0. The fourth-order valence-corrected chi connectivity index (χ4v) is 3.08. The predicted molar refractivity (Wildman–Crippen MR) is 106 cm³/mol. The first-order valence-corrected chi connectivity index (χ1v) is 9.13. The molecule has 2 aromatic carbocycles. The molecular weight excluding hydrogens is 340 g/mol. The molecule has 5 heteroatoms. The van der Waals surface area contributed by atoms with E-state index in [9.17, 15) is 9.59 Å². The first-order chi connectivity index (χ1) is 13.1. The van der Waals surface area contributed by atoms with Crippen LogP contribution in [0.3, 0.4) is 0 Å². The van der Waals surface area contributed by atoms with E-state index in [0.717, 1.165) is 17.3 Å². The largest absolute Gasteiger partial charge is 0.461 e. The van der Waals surface area contributed by atoms with E-state index in [4.69, 9.17) is 4.74 Å². The number of fused-ring (bicyclic) bond motifs is 1. The highest BCUT2D eigenvalue weighted by atomic mass is 16.5. The molecule has 1 amide bonds. The van der Waals surface area contributed by atoms with Gasteiger partial charge in [-0.05, 0) is 31.0 Å². The summed E-state index contributed by atoms with van der Waals surface area (Å²) in [5.74, 6) is -0.453. The smallest absolute Gasteiger partial charge is 0.354 e. The number of hydrogen-bond acceptors (Lipinski definition) is 3. The van der Waals surface area contributed by atoms with Gasteiger partial charge < -0.3 is 14.2 Å². The fourth-order valence-electron chi connectivity index (χ4n) is 3.08. The monoisotopic (exact) mass is 364 g/mol. The summed E-state index contributed by atoms with van der Waals surface area (Å²) in [4.78, 5) is 26.8. The van der Waals surface area contributed by atoms with Crippen LogP contribution in [0.15, 0.2) is 60.7 Å². The molecule has 140 valence electrons. The Bertz CT molecular complexity index is 931. The number of esters is 1. The molecule has 3 rings (SSSR count). The number of nitrogens with zero attached hydrogens (tertiary/aromatic N) is 2. The van der Waals surface area contributed by atoms with Gasteiger partial charge in [0.25, 0.3) is 0 Å². The van der Waals surface area contributed by atoms with Crippen LogP contribution in [0.25, 0.3) is 10.9 Å². The second-order valence-corrected chi connectivity index (χ2v) is 6.45. The van der Waals surface area contributed by atoms with Crippen molar-refractivity contribution in [2.24, 2.45) is 0 Å². The molecule has 0 aliphatic heterocycles. The zero-order valence-corrected chi connectivity index (χ0v) is 15.7. The van der Waals surface area contributed by atoms with Gasteiger partial charge in [0.1, 0.15) is 12.2 Å². The molecule has 0 saturated heterocycles. The van der Waals surface area contributed by atoms with Crippen LogP contribution >= 0.6 is 0 Å². The Hall–Kier alpha value is -3.08. The number of para-hydroxylation sites is 1. The number of aromatic nitrogens is 1. The Balaban J connectivity index is 1.77. The molecule has 0 atom stereocenters. The topological polar surface area (TPSA) is 51.5 Å². The van der Waals surface area contributed by atoms with E-state index in [1.165, 1.54) is 5.56 Å². The summed E-state index contributed by atoms with van der Waals surface area (Å²) < 4.78 is 6.91. The third-order valence-corrected chi connectivity index (χ3v) is 4.59. The zero-order valence-electron chi connectivity index (χ0n) is 15.7. The molecule has 1 aromatic heterocycles. The van der Waals surface area contributed by atoms with Gasteiger partial charge in [0.05, 0.1) is 6.61 Å². The SMILES string of the molecule is CCOC(=O)c1cc2ccccc2n1CC(=O)N(C)CCc1ccccc1. The van der Waals surface area contributed by atoms with Gasteiger partial charge in [-0.25, -0.2) is 4.79 Å². The molecule has 0 unspecified atom stereocenters. The highest BCUT2D eigenvalue weighted by Gasteiger charge is 2.19. The first kappa shape index (κ1) is 18.7. The minimum absolute atomic E-state index is 0.0437. The van der Waals surface area contributed by atoms with Gasteiger partial charge in [-0.1, -0.05) is 48.5 Å². The Labute approximate surface area is 159 Å². The van der Waals surface area contributed by atoms with E-state index in [-0.39, 0.29) is 12.5 Å². The Morgan fingerprint density at radius 2 is 1.74 bits per heavy atom. The molecule has 0 aliphatic carbocycles. The third kappa shape index (κ3) is 4.37. The van der Waals surface area contributed by atoms with Crippen molar-refractivity contribution < 1.29 is 14.3 Å². The highest BCUT2D eigenvalue weighted by molar-refractivity contribution is 5.96. The van der Waals surface area contributed by atoms with Crippen molar-refractivity contribution in [2.75, 3.05) is 20.2 Å². The molecule has 0 radical (unpaired) electrons. The second kappa shape index (κ2) is 8.54. The maximum atomic E-state index is 12.8. The molecule has 0 bridgehead atoms. The van der Waals surface area contributed by atoms with E-state index >= 15 is 0 Å². The zero-order chi connectivity index (χ0) is 19.2. The first-order valence-electron chi connectivity index (χ1n) is 9.13. The molecule has 0 spiro atoms. The Kier molecular flexibility index (Phi) is 5.91. The Morgan fingerprint density at radius 3 is 2.48 bits per heavy atom. The van der Waals surface area contributed by atoms with Crippen molar-refractivity contribution in [3.05, 3.63) is 71.9 Å². The standard InChI is InChI=1S/C22H24N2O3/c1-3-27-22(26)20-15-18-11-7-8-12-19(18)24(20)16-21(25)23(2)14-13-17-9-5-4-6-10-17/h4-12,15H,3,13-14,16H2,1-2H3. The van der Waals surface area contributed by atoms with E-state index in [0.29, 0.717) is 18.8 Å². The van der Waals surface area contributed by atoms with Gasteiger partial charge in [-0.15, -0.1) is 0 Å². The van der Waals surface area contributed by atoms with Crippen LogP contribution in [-0.4, -0.2) is 41.5 Å². The van der Waals surface area contributed by atoms with Gasteiger partial charge in [-0.3, -0.25) is 4.79 Å². The van der Waals surface area contributed by atoms with Crippen molar-refractivity contribution >= 4 is 22.8 Å². The number of carbonyl (C=O) groups excluding carboxylic acids is 2. The molecule has 5 nitrogen and oxygen atoms in total. The maximum absolute atomic E-state index is 12.8. The van der Waals surface area contributed by atoms with Crippen LogP contribution in [0, 0.1) is 0 Å². The fraction of sp³-hybridized carbons (Fsp3) is 0.273. The molecule has 0 N–H and O–H groups in total. The summed E-state index contributed by atoms with van der Waals surface area (Å²) in [6.45, 7) is 2.79. The van der Waals surface area contributed by atoms with Gasteiger partial charge >= 0.3 is 5.97 Å². The van der Waals surface area contributed by atoms with Crippen LogP contribution in [0.5, 0.6) is 0 Å². The maximum Gasteiger partial charge on any atom is 0.354 e. The van der Waals surface area contributed by atoms with Gasteiger partial charge in [0.15, 0.2) is 0 Å². The normalized spacial score (nSPS) is 10.7. The second-order valence-electron chi connectivity index (χ2n) is 6.45. The molecule has 3 aromatic rings. The van der Waals surface area contributed by atoms with Crippen LogP contribution < -0.4 is 0 Å². The van der Waals surface area contributed by atoms with Gasteiger partial charge in [-0.2, -0.15) is 0 Å². The van der Waals surface area contributed by atoms with E-state index in [1.807, 2.05) is 42.5 Å². The molecular formula is C22H24N2O3. The minimum atomic E-state index is -0.409. The van der Waals surface area contributed by atoms with Crippen molar-refractivity contribution in [1.29, 1.82) is 0 Å². The van der Waals surface area contributed by atoms with E-state index < -0.39 is 5.97 Å². The lowest BCUT2D eigenvalue weighted by Crippen LogP contribution is -2.32. The summed E-state index contributed by atoms with van der Waals surface area (Å²) >= 11 is 0. The number of rotatable bonds is 7. The van der Waals surface area contributed by atoms with Crippen LogP contribution in [0.2, 0.25) is 0 Å². The lowest BCUT2D eigenvalue weighted by molar-refractivity contribution is -0.130. The predicted octanol–water partition coefficient (Wildman–Crippen LogP) is 3.52. The van der Waals surface area contributed by atoms with Gasteiger partial charge in [0.2, 0.25) is 5.91 Å². The number of likely N-dealkylation sites (N-methyl/N-ethyl adjacent to an activating group) is 1. The van der Waals surface area contributed by atoms with Crippen LogP contribution in [0.4, 0.5) is 0 Å².